The second kappa shape index (κ2) is 9.69. The van der Waals surface area contributed by atoms with Gasteiger partial charge in [-0.1, -0.05) is 42.0 Å². The van der Waals surface area contributed by atoms with Crippen molar-refractivity contribution >= 4 is 11.8 Å². The molecule has 0 radical (unpaired) electrons. The van der Waals surface area contributed by atoms with Crippen LogP contribution < -0.4 is 9.47 Å². The maximum atomic E-state index is 13.8. The van der Waals surface area contributed by atoms with Crippen LogP contribution in [-0.4, -0.2) is 25.5 Å². The number of para-hydroxylation sites is 1. The zero-order valence-electron chi connectivity index (χ0n) is 16.7. The highest BCUT2D eigenvalue weighted by molar-refractivity contribution is 6.00. The molecule has 0 aliphatic heterocycles. The molecule has 154 valence electrons. The Kier molecular flexibility index (Phi) is 6.80. The summed E-state index contributed by atoms with van der Waals surface area (Å²) in [6.45, 7) is 1.76. The molecule has 3 rings (SSSR count). The highest BCUT2D eigenvalue weighted by Crippen LogP contribution is 2.21. The number of aryl methyl sites for hydroxylation is 1. The van der Waals surface area contributed by atoms with Crippen molar-refractivity contribution in [3.05, 3.63) is 94.8 Å². The average Bonchev–Trinajstić information content (AvgIpc) is 2.76. The Hall–Kier alpha value is -3.67. The van der Waals surface area contributed by atoms with Crippen molar-refractivity contribution in [2.24, 2.45) is 0 Å². The number of Topliss-reactive ketones (excluding diaryl/α,β-unsaturated/α-hetero) is 1. The van der Waals surface area contributed by atoms with Crippen molar-refractivity contribution in [1.29, 1.82) is 0 Å². The monoisotopic (exact) mass is 408 g/mol. The van der Waals surface area contributed by atoms with Gasteiger partial charge in [0.2, 0.25) is 0 Å². The van der Waals surface area contributed by atoms with E-state index in [9.17, 15) is 14.0 Å². The van der Waals surface area contributed by atoms with Crippen LogP contribution in [0, 0.1) is 12.7 Å². The van der Waals surface area contributed by atoms with Gasteiger partial charge in [-0.25, -0.2) is 9.18 Å². The summed E-state index contributed by atoms with van der Waals surface area (Å²) in [5, 5.41) is 0. The lowest BCUT2D eigenvalue weighted by Gasteiger charge is -2.11. The van der Waals surface area contributed by atoms with Crippen LogP contribution in [0.2, 0.25) is 0 Å². The summed E-state index contributed by atoms with van der Waals surface area (Å²) < 4.78 is 29.5. The van der Waals surface area contributed by atoms with Crippen molar-refractivity contribution in [3.63, 3.8) is 0 Å². The van der Waals surface area contributed by atoms with Gasteiger partial charge in [-0.3, -0.25) is 4.79 Å². The molecule has 0 spiro atoms. The van der Waals surface area contributed by atoms with Crippen LogP contribution >= 0.6 is 0 Å². The quantitative estimate of drug-likeness (QED) is 0.397. The minimum absolute atomic E-state index is 0.0308. The summed E-state index contributed by atoms with van der Waals surface area (Å²) in [5.74, 6) is -1.50. The van der Waals surface area contributed by atoms with E-state index in [4.69, 9.17) is 14.2 Å². The van der Waals surface area contributed by atoms with Crippen molar-refractivity contribution in [2.45, 2.75) is 13.5 Å². The number of halogens is 1. The Labute approximate surface area is 174 Å². The average molecular weight is 408 g/mol. The third-order valence-corrected chi connectivity index (χ3v) is 4.39. The highest BCUT2D eigenvalue weighted by Gasteiger charge is 2.17. The van der Waals surface area contributed by atoms with Gasteiger partial charge in [-0.05, 0) is 42.8 Å². The molecule has 0 amide bonds. The molecule has 0 saturated carbocycles. The smallest absolute Gasteiger partial charge is 0.342 e. The molecule has 6 heteroatoms. The van der Waals surface area contributed by atoms with Gasteiger partial charge in [-0.2, -0.15) is 0 Å². The van der Waals surface area contributed by atoms with E-state index in [2.05, 4.69) is 0 Å². The van der Waals surface area contributed by atoms with Gasteiger partial charge >= 0.3 is 5.97 Å². The summed E-state index contributed by atoms with van der Waals surface area (Å²) in [6.07, 6.45) is 0. The molecular weight excluding hydrogens is 387 g/mol. The highest BCUT2D eigenvalue weighted by atomic mass is 19.1. The molecule has 3 aromatic carbocycles. The number of esters is 1. The first-order chi connectivity index (χ1) is 14.5. The summed E-state index contributed by atoms with van der Waals surface area (Å²) in [6, 6.07) is 18.3. The zero-order chi connectivity index (χ0) is 21.5. The van der Waals surface area contributed by atoms with Crippen molar-refractivity contribution in [2.75, 3.05) is 13.7 Å². The number of carbonyl (C=O) groups is 2. The van der Waals surface area contributed by atoms with E-state index in [1.54, 1.807) is 24.3 Å². The Morgan fingerprint density at radius 2 is 1.73 bits per heavy atom. The zero-order valence-corrected chi connectivity index (χ0v) is 16.7. The van der Waals surface area contributed by atoms with Gasteiger partial charge in [0.25, 0.3) is 0 Å². The fourth-order valence-electron chi connectivity index (χ4n) is 2.86. The van der Waals surface area contributed by atoms with E-state index < -0.39 is 24.2 Å². The number of hydrogen-bond donors (Lipinski definition) is 0. The third-order valence-electron chi connectivity index (χ3n) is 4.39. The van der Waals surface area contributed by atoms with E-state index in [1.807, 2.05) is 31.2 Å². The second-order valence-corrected chi connectivity index (χ2v) is 6.62. The molecule has 0 fully saturated rings. The fraction of sp³-hybridized carbons (Fsp3) is 0.167. The third kappa shape index (κ3) is 5.23. The molecule has 0 heterocycles. The van der Waals surface area contributed by atoms with Gasteiger partial charge in [0, 0.05) is 5.56 Å². The number of hydrogen-bond acceptors (Lipinski definition) is 5. The summed E-state index contributed by atoms with van der Waals surface area (Å²) in [5.41, 5.74) is 2.37. The Bertz CT molecular complexity index is 1060. The lowest BCUT2D eigenvalue weighted by molar-refractivity contribution is 0.0470. The van der Waals surface area contributed by atoms with Gasteiger partial charge in [-0.15, -0.1) is 0 Å². The fourth-order valence-corrected chi connectivity index (χ4v) is 2.86. The van der Waals surface area contributed by atoms with E-state index in [1.165, 1.54) is 19.2 Å². The first kappa shape index (κ1) is 21.0. The molecule has 0 unspecified atom stereocenters. The van der Waals surface area contributed by atoms with E-state index >= 15 is 0 Å². The molecule has 3 aromatic rings. The number of rotatable bonds is 8. The minimum atomic E-state index is -0.697. The van der Waals surface area contributed by atoms with E-state index in [0.29, 0.717) is 5.75 Å². The predicted molar refractivity (Wildman–Crippen MR) is 110 cm³/mol. The number of carbonyl (C=O) groups excluding carboxylic acids is 2. The van der Waals surface area contributed by atoms with Crippen molar-refractivity contribution in [3.8, 4) is 11.5 Å². The van der Waals surface area contributed by atoms with Gasteiger partial charge in [0.15, 0.2) is 24.0 Å². The molecule has 0 atom stereocenters. The lowest BCUT2D eigenvalue weighted by atomic mass is 10.1. The lowest BCUT2D eigenvalue weighted by Crippen LogP contribution is -2.15. The number of benzene rings is 3. The number of ether oxygens (including phenoxy) is 3. The molecular formula is C24H21FO5. The van der Waals surface area contributed by atoms with Crippen LogP contribution in [0.25, 0.3) is 0 Å². The Morgan fingerprint density at radius 3 is 2.47 bits per heavy atom. The first-order valence-electron chi connectivity index (χ1n) is 9.29. The minimum Gasteiger partial charge on any atom is -0.494 e. The van der Waals surface area contributed by atoms with Crippen LogP contribution in [0.1, 0.15) is 31.8 Å². The van der Waals surface area contributed by atoms with Crippen LogP contribution in [-0.2, 0) is 11.3 Å². The van der Waals surface area contributed by atoms with Crippen LogP contribution in [0.3, 0.4) is 0 Å². The topological polar surface area (TPSA) is 61.8 Å². The van der Waals surface area contributed by atoms with Gasteiger partial charge < -0.3 is 14.2 Å². The molecule has 5 nitrogen and oxygen atoms in total. The van der Waals surface area contributed by atoms with Crippen LogP contribution in [0.5, 0.6) is 11.5 Å². The van der Waals surface area contributed by atoms with Crippen molar-refractivity contribution < 1.29 is 28.2 Å². The van der Waals surface area contributed by atoms with Gasteiger partial charge in [0.1, 0.15) is 17.9 Å². The Morgan fingerprint density at radius 1 is 0.933 bits per heavy atom. The largest absolute Gasteiger partial charge is 0.494 e. The van der Waals surface area contributed by atoms with E-state index in [-0.39, 0.29) is 23.5 Å². The first-order valence-corrected chi connectivity index (χ1v) is 9.29. The molecule has 0 aliphatic rings. The van der Waals surface area contributed by atoms with Crippen LogP contribution in [0.4, 0.5) is 4.39 Å². The number of methoxy groups -OCH3 is 1. The van der Waals surface area contributed by atoms with Crippen LogP contribution in [0.15, 0.2) is 66.7 Å². The molecule has 0 bridgehead atoms. The molecule has 0 aromatic heterocycles. The second-order valence-electron chi connectivity index (χ2n) is 6.62. The predicted octanol–water partition coefficient (Wildman–Crippen LogP) is 4.76. The molecule has 30 heavy (non-hydrogen) atoms. The summed E-state index contributed by atoms with van der Waals surface area (Å²) in [7, 11) is 1.33. The summed E-state index contributed by atoms with van der Waals surface area (Å²) >= 11 is 0. The summed E-state index contributed by atoms with van der Waals surface area (Å²) in [4.78, 5) is 24.7. The normalized spacial score (nSPS) is 10.4. The number of ketones is 1. The maximum absolute atomic E-state index is 13.8. The Balaban J connectivity index is 1.64. The molecule has 0 N–H and O–H groups in total. The maximum Gasteiger partial charge on any atom is 0.342 e. The SMILES string of the molecule is COc1ccc(C(=O)COC(=O)c2ccccc2OCc2cccc(C)c2)cc1F. The van der Waals surface area contributed by atoms with E-state index in [0.717, 1.165) is 17.2 Å². The standard InChI is InChI=1S/C24H21FO5/c1-16-6-5-7-17(12-16)14-29-22-9-4-3-8-19(22)24(27)30-15-21(26)18-10-11-23(28-2)20(25)13-18/h3-13H,14-15H2,1-2H3. The van der Waals surface area contributed by atoms with Gasteiger partial charge in [0.05, 0.1) is 7.11 Å². The van der Waals surface area contributed by atoms with Crippen molar-refractivity contribution in [1.82, 2.24) is 0 Å². The molecule has 0 saturated heterocycles. The molecule has 0 aliphatic carbocycles.